The fraction of sp³-hybridized carbons (Fsp3) is 0.192. The lowest BCUT2D eigenvalue weighted by atomic mass is 9.92. The largest absolute Gasteiger partial charge is 0.493 e. The lowest BCUT2D eigenvalue weighted by molar-refractivity contribution is -0.169. The van der Waals surface area contributed by atoms with Crippen molar-refractivity contribution in [1.82, 2.24) is 10.4 Å². The van der Waals surface area contributed by atoms with Crippen molar-refractivity contribution in [3.63, 3.8) is 0 Å². The Morgan fingerprint density at radius 3 is 2.40 bits per heavy atom. The molecule has 4 rings (SSSR count). The zero-order chi connectivity index (χ0) is 24.9. The van der Waals surface area contributed by atoms with Crippen LogP contribution in [0.4, 0.5) is 5.69 Å². The molecule has 0 aliphatic carbocycles. The number of rotatable bonds is 8. The van der Waals surface area contributed by atoms with Crippen molar-refractivity contribution in [2.24, 2.45) is 0 Å². The van der Waals surface area contributed by atoms with Crippen molar-refractivity contribution in [1.29, 1.82) is 0 Å². The van der Waals surface area contributed by atoms with Crippen molar-refractivity contribution in [2.75, 3.05) is 11.9 Å². The SMILES string of the molecule is CCOc1cc(NC(C)=O)ccc1C(=O)NN1C(=O)[C@@H](Oc2ccccc2)[C@@H]1c1ccc(Cl)cc1. The molecular formula is C26H24ClN3O5. The van der Waals surface area contributed by atoms with Gasteiger partial charge in [0.05, 0.1) is 12.2 Å². The first-order chi connectivity index (χ1) is 16.9. The Bertz CT molecular complexity index is 1230. The second kappa shape index (κ2) is 10.5. The van der Waals surface area contributed by atoms with E-state index < -0.39 is 24.0 Å². The molecule has 1 heterocycles. The zero-order valence-electron chi connectivity index (χ0n) is 19.2. The third kappa shape index (κ3) is 5.38. The normalized spacial score (nSPS) is 16.8. The molecule has 0 saturated carbocycles. The number of anilines is 1. The van der Waals surface area contributed by atoms with E-state index in [-0.39, 0.29) is 17.2 Å². The lowest BCUT2D eigenvalue weighted by Gasteiger charge is -2.46. The molecular weight excluding hydrogens is 470 g/mol. The minimum Gasteiger partial charge on any atom is -0.493 e. The number of hydrazine groups is 1. The van der Waals surface area contributed by atoms with Crippen LogP contribution in [0.1, 0.15) is 35.8 Å². The Labute approximate surface area is 207 Å². The van der Waals surface area contributed by atoms with Gasteiger partial charge in [0.2, 0.25) is 12.0 Å². The second-order valence-corrected chi connectivity index (χ2v) is 8.26. The third-order valence-electron chi connectivity index (χ3n) is 5.33. The molecule has 9 heteroatoms. The highest BCUT2D eigenvalue weighted by atomic mass is 35.5. The molecule has 2 N–H and O–H groups in total. The summed E-state index contributed by atoms with van der Waals surface area (Å²) in [6.07, 6.45) is -0.826. The molecule has 1 fully saturated rings. The Morgan fingerprint density at radius 2 is 1.74 bits per heavy atom. The van der Waals surface area contributed by atoms with Gasteiger partial charge in [0, 0.05) is 23.7 Å². The average Bonchev–Trinajstić information content (AvgIpc) is 2.84. The molecule has 2 atom stereocenters. The van der Waals surface area contributed by atoms with Gasteiger partial charge in [-0.2, -0.15) is 0 Å². The molecule has 180 valence electrons. The van der Waals surface area contributed by atoms with Crippen molar-refractivity contribution >= 4 is 35.0 Å². The minimum atomic E-state index is -0.826. The highest BCUT2D eigenvalue weighted by Crippen LogP contribution is 2.37. The summed E-state index contributed by atoms with van der Waals surface area (Å²) in [5.41, 5.74) is 4.15. The summed E-state index contributed by atoms with van der Waals surface area (Å²) in [7, 11) is 0. The van der Waals surface area contributed by atoms with Crippen molar-refractivity contribution in [3.8, 4) is 11.5 Å². The molecule has 0 aromatic heterocycles. The van der Waals surface area contributed by atoms with E-state index in [1.54, 1.807) is 55.5 Å². The highest BCUT2D eigenvalue weighted by Gasteiger charge is 2.51. The average molecular weight is 494 g/mol. The van der Waals surface area contributed by atoms with Gasteiger partial charge in [-0.15, -0.1) is 0 Å². The summed E-state index contributed by atoms with van der Waals surface area (Å²) in [5, 5.41) is 4.46. The molecule has 3 amide bonds. The number of nitrogens with one attached hydrogen (secondary N) is 2. The first-order valence-electron chi connectivity index (χ1n) is 11.0. The van der Waals surface area contributed by atoms with Crippen LogP contribution in [0.3, 0.4) is 0 Å². The van der Waals surface area contributed by atoms with Gasteiger partial charge < -0.3 is 14.8 Å². The van der Waals surface area contributed by atoms with Gasteiger partial charge in [0.25, 0.3) is 11.8 Å². The Hall–Kier alpha value is -4.04. The van der Waals surface area contributed by atoms with E-state index in [1.807, 2.05) is 18.2 Å². The standard InChI is InChI=1S/C26H24ClN3O5/c1-3-34-22-15-19(28-16(2)31)13-14-21(22)25(32)29-30-23(17-9-11-18(27)12-10-17)24(26(30)33)35-20-7-5-4-6-8-20/h4-15,23-24H,3H2,1-2H3,(H,28,31)(H,29,32)/t23-,24-/m0/s1. The van der Waals surface area contributed by atoms with Crippen LogP contribution in [-0.2, 0) is 9.59 Å². The predicted octanol–water partition coefficient (Wildman–Crippen LogP) is 4.37. The number of nitrogens with zero attached hydrogens (tertiary/aromatic N) is 1. The number of β-lactam (4-membered cyclic amide) rings is 1. The summed E-state index contributed by atoms with van der Waals surface area (Å²) >= 11 is 6.04. The van der Waals surface area contributed by atoms with Gasteiger partial charge in [-0.25, -0.2) is 5.01 Å². The van der Waals surface area contributed by atoms with Gasteiger partial charge in [-0.05, 0) is 48.9 Å². The number of halogens is 1. The molecule has 1 aliphatic rings. The monoisotopic (exact) mass is 493 g/mol. The summed E-state index contributed by atoms with van der Waals surface area (Å²) < 4.78 is 11.6. The molecule has 35 heavy (non-hydrogen) atoms. The Balaban J connectivity index is 1.59. The summed E-state index contributed by atoms with van der Waals surface area (Å²) in [6, 6.07) is 20.1. The molecule has 0 bridgehead atoms. The molecule has 0 spiro atoms. The van der Waals surface area contributed by atoms with E-state index >= 15 is 0 Å². The van der Waals surface area contributed by atoms with Crippen molar-refractivity contribution in [3.05, 3.63) is 88.9 Å². The predicted molar refractivity (Wildman–Crippen MR) is 131 cm³/mol. The second-order valence-electron chi connectivity index (χ2n) is 7.82. The van der Waals surface area contributed by atoms with Crippen LogP contribution in [0.2, 0.25) is 5.02 Å². The number of para-hydroxylation sites is 1. The Morgan fingerprint density at radius 1 is 1.03 bits per heavy atom. The lowest BCUT2D eigenvalue weighted by Crippen LogP contribution is -2.67. The number of benzene rings is 3. The summed E-state index contributed by atoms with van der Waals surface area (Å²) in [6.45, 7) is 3.49. The maximum atomic E-state index is 13.2. The van der Waals surface area contributed by atoms with Crippen LogP contribution in [-0.4, -0.2) is 35.4 Å². The van der Waals surface area contributed by atoms with Crippen LogP contribution in [0.5, 0.6) is 11.5 Å². The first-order valence-corrected chi connectivity index (χ1v) is 11.4. The highest BCUT2D eigenvalue weighted by molar-refractivity contribution is 6.30. The molecule has 0 radical (unpaired) electrons. The number of ether oxygens (including phenoxy) is 2. The smallest absolute Gasteiger partial charge is 0.285 e. The van der Waals surface area contributed by atoms with Crippen LogP contribution < -0.4 is 20.2 Å². The van der Waals surface area contributed by atoms with Crippen LogP contribution >= 0.6 is 11.6 Å². The van der Waals surface area contributed by atoms with Crippen molar-refractivity contribution < 1.29 is 23.9 Å². The van der Waals surface area contributed by atoms with Gasteiger partial charge in [0.1, 0.15) is 17.5 Å². The van der Waals surface area contributed by atoms with Gasteiger partial charge in [-0.3, -0.25) is 19.8 Å². The first kappa shape index (κ1) is 24.1. The van der Waals surface area contributed by atoms with Crippen LogP contribution in [0.15, 0.2) is 72.8 Å². The zero-order valence-corrected chi connectivity index (χ0v) is 19.9. The van der Waals surface area contributed by atoms with E-state index in [2.05, 4.69) is 10.7 Å². The summed E-state index contributed by atoms with van der Waals surface area (Å²) in [5.74, 6) is -0.346. The molecule has 0 unspecified atom stereocenters. The molecule has 1 saturated heterocycles. The number of carbonyl (C=O) groups excluding carboxylic acids is 3. The third-order valence-corrected chi connectivity index (χ3v) is 5.58. The fourth-order valence-electron chi connectivity index (χ4n) is 3.77. The van der Waals surface area contributed by atoms with Gasteiger partial charge >= 0.3 is 0 Å². The van der Waals surface area contributed by atoms with Gasteiger partial charge in [-0.1, -0.05) is 41.9 Å². The van der Waals surface area contributed by atoms with Crippen LogP contribution in [0, 0.1) is 0 Å². The Kier molecular flexibility index (Phi) is 7.22. The number of carbonyl (C=O) groups is 3. The molecule has 3 aromatic rings. The van der Waals surface area contributed by atoms with E-state index in [9.17, 15) is 14.4 Å². The quantitative estimate of drug-likeness (QED) is 0.454. The maximum Gasteiger partial charge on any atom is 0.285 e. The molecule has 1 aliphatic heterocycles. The molecule has 8 nitrogen and oxygen atoms in total. The number of hydrogen-bond acceptors (Lipinski definition) is 5. The summed E-state index contributed by atoms with van der Waals surface area (Å²) in [4.78, 5) is 37.6. The minimum absolute atomic E-state index is 0.219. The van der Waals surface area contributed by atoms with Gasteiger partial charge in [0.15, 0.2) is 0 Å². The molecule has 3 aromatic carbocycles. The number of hydrogen-bond donors (Lipinski definition) is 2. The van der Waals surface area contributed by atoms with E-state index in [0.717, 1.165) is 5.56 Å². The number of amides is 3. The van der Waals surface area contributed by atoms with Crippen LogP contribution in [0.25, 0.3) is 0 Å². The maximum absolute atomic E-state index is 13.2. The fourth-order valence-corrected chi connectivity index (χ4v) is 3.89. The van der Waals surface area contributed by atoms with E-state index in [0.29, 0.717) is 23.1 Å². The van der Waals surface area contributed by atoms with Crippen molar-refractivity contribution in [2.45, 2.75) is 26.0 Å². The van der Waals surface area contributed by atoms with E-state index in [1.165, 1.54) is 18.0 Å². The van der Waals surface area contributed by atoms with E-state index in [4.69, 9.17) is 21.1 Å². The topological polar surface area (TPSA) is 97.0 Å².